The number of benzene rings is 3. The molecule has 2 atom stereocenters. The maximum atomic E-state index is 15.6. The number of hydrogen-bond donors (Lipinski definition) is 1. The first kappa shape index (κ1) is 20.4. The van der Waals surface area contributed by atoms with E-state index in [2.05, 4.69) is 5.32 Å². The van der Waals surface area contributed by atoms with Crippen LogP contribution in [0.2, 0.25) is 0 Å². The molecule has 0 aliphatic carbocycles. The first-order valence-corrected chi connectivity index (χ1v) is 11.0. The van der Waals surface area contributed by atoms with Crippen LogP contribution in [-0.2, 0) is 11.2 Å². The van der Waals surface area contributed by atoms with Crippen LogP contribution < -0.4 is 5.32 Å². The molecule has 0 radical (unpaired) electrons. The molecule has 1 aliphatic heterocycles. The van der Waals surface area contributed by atoms with Crippen LogP contribution in [0, 0.1) is 0 Å². The van der Waals surface area contributed by atoms with Gasteiger partial charge in [-0.2, -0.15) is 8.78 Å². The molecule has 4 rings (SSSR count). The van der Waals surface area contributed by atoms with Crippen LogP contribution in [0.15, 0.2) is 101 Å². The molecular weight excluding hydrogens is 408 g/mol. The van der Waals surface area contributed by atoms with E-state index in [9.17, 15) is 0 Å². The first-order chi connectivity index (χ1) is 14.1. The fourth-order valence-electron chi connectivity index (χ4n) is 3.22. The Balaban J connectivity index is 1.59. The standard InChI is InChI=1S/C23H21F2NOS2/c24-22(25,28-20-12-6-2-7-13-20)23(29-21-14-8-3-9-15-21)26-19(17-27-23)16-18-10-4-1-5-11-18/h1-15,19,26H,16-17H2/t19-,23+/m0/s1. The highest BCUT2D eigenvalue weighted by Gasteiger charge is 2.60. The van der Waals surface area contributed by atoms with E-state index >= 15 is 8.78 Å². The van der Waals surface area contributed by atoms with Crippen LogP contribution in [0.4, 0.5) is 8.78 Å². The van der Waals surface area contributed by atoms with Gasteiger partial charge in [0.2, 0.25) is 5.06 Å². The molecule has 0 bridgehead atoms. The average Bonchev–Trinajstić information content (AvgIpc) is 3.14. The predicted molar refractivity (Wildman–Crippen MR) is 115 cm³/mol. The van der Waals surface area contributed by atoms with E-state index in [1.165, 1.54) is 0 Å². The third kappa shape index (κ3) is 4.83. The van der Waals surface area contributed by atoms with Crippen molar-refractivity contribution in [2.45, 2.75) is 32.6 Å². The highest BCUT2D eigenvalue weighted by Crippen LogP contribution is 2.53. The third-order valence-corrected chi connectivity index (χ3v) is 7.05. The first-order valence-electron chi connectivity index (χ1n) is 9.38. The van der Waals surface area contributed by atoms with E-state index in [-0.39, 0.29) is 12.6 Å². The van der Waals surface area contributed by atoms with Crippen LogP contribution in [0.5, 0.6) is 0 Å². The van der Waals surface area contributed by atoms with E-state index in [1.54, 1.807) is 24.3 Å². The van der Waals surface area contributed by atoms with Gasteiger partial charge in [0.05, 0.1) is 6.61 Å². The van der Waals surface area contributed by atoms with E-state index in [4.69, 9.17) is 4.74 Å². The largest absolute Gasteiger partial charge is 0.350 e. The molecule has 29 heavy (non-hydrogen) atoms. The average molecular weight is 430 g/mol. The molecule has 0 aromatic heterocycles. The van der Waals surface area contributed by atoms with Gasteiger partial charge < -0.3 is 4.74 Å². The molecule has 6 heteroatoms. The summed E-state index contributed by atoms with van der Waals surface area (Å²) in [5.74, 6) is 0. The van der Waals surface area contributed by atoms with Crippen molar-refractivity contribution in [3.8, 4) is 0 Å². The molecular formula is C23H21F2NOS2. The van der Waals surface area contributed by atoms with E-state index < -0.39 is 10.3 Å². The lowest BCUT2D eigenvalue weighted by Crippen LogP contribution is -2.53. The summed E-state index contributed by atoms with van der Waals surface area (Å²) in [6.45, 7) is 0.222. The van der Waals surface area contributed by atoms with Gasteiger partial charge in [-0.25, -0.2) is 0 Å². The predicted octanol–water partition coefficient (Wildman–Crippen LogP) is 6.05. The summed E-state index contributed by atoms with van der Waals surface area (Å²) in [7, 11) is 0. The molecule has 3 aromatic rings. The van der Waals surface area contributed by atoms with Crippen molar-refractivity contribution >= 4 is 23.5 Å². The Morgan fingerprint density at radius 2 is 1.41 bits per heavy atom. The molecule has 0 saturated carbocycles. The van der Waals surface area contributed by atoms with Crippen LogP contribution >= 0.6 is 23.5 Å². The Labute approximate surface area is 178 Å². The van der Waals surface area contributed by atoms with Gasteiger partial charge in [0, 0.05) is 15.8 Å². The van der Waals surface area contributed by atoms with Crippen molar-refractivity contribution in [3.63, 3.8) is 0 Å². The van der Waals surface area contributed by atoms with E-state index in [1.807, 2.05) is 66.7 Å². The monoisotopic (exact) mass is 429 g/mol. The second kappa shape index (κ2) is 8.88. The number of halogens is 2. The van der Waals surface area contributed by atoms with Crippen molar-refractivity contribution in [1.29, 1.82) is 0 Å². The summed E-state index contributed by atoms with van der Waals surface area (Å²) >= 11 is 1.56. The lowest BCUT2D eigenvalue weighted by atomic mass is 10.1. The van der Waals surface area contributed by atoms with Crippen LogP contribution in [0.25, 0.3) is 0 Å². The maximum absolute atomic E-state index is 15.6. The zero-order chi connectivity index (χ0) is 20.2. The fraction of sp³-hybridized carbons (Fsp3) is 0.217. The van der Waals surface area contributed by atoms with Crippen LogP contribution in [0.3, 0.4) is 0 Å². The minimum atomic E-state index is -3.19. The second-order valence-electron chi connectivity index (χ2n) is 6.81. The lowest BCUT2D eigenvalue weighted by molar-refractivity contribution is -0.0815. The second-order valence-corrected chi connectivity index (χ2v) is 9.24. The van der Waals surface area contributed by atoms with E-state index in [0.717, 1.165) is 22.2 Å². The molecule has 0 unspecified atom stereocenters. The molecule has 1 N–H and O–H groups in total. The summed E-state index contributed by atoms with van der Waals surface area (Å²) in [5, 5.41) is -1.92. The summed E-state index contributed by atoms with van der Waals surface area (Å²) in [5.41, 5.74) is 1.09. The zero-order valence-corrected chi connectivity index (χ0v) is 17.3. The molecule has 3 aromatic carbocycles. The summed E-state index contributed by atoms with van der Waals surface area (Å²) in [6, 6.07) is 27.6. The van der Waals surface area contributed by atoms with Gasteiger partial charge in [-0.15, -0.1) is 0 Å². The molecule has 1 saturated heterocycles. The summed E-state index contributed by atoms with van der Waals surface area (Å²) in [4.78, 5) is 1.23. The van der Waals surface area contributed by atoms with Crippen molar-refractivity contribution in [1.82, 2.24) is 5.32 Å². The van der Waals surface area contributed by atoms with Gasteiger partial charge in [-0.05, 0) is 48.0 Å². The molecule has 0 amide bonds. The molecule has 0 spiro atoms. The van der Waals surface area contributed by atoms with Gasteiger partial charge in [-0.1, -0.05) is 78.5 Å². The van der Waals surface area contributed by atoms with Crippen LogP contribution in [0.1, 0.15) is 5.56 Å². The number of rotatable bonds is 7. The maximum Gasteiger partial charge on any atom is 0.350 e. The Morgan fingerprint density at radius 3 is 2.03 bits per heavy atom. The van der Waals surface area contributed by atoms with Crippen molar-refractivity contribution in [3.05, 3.63) is 96.6 Å². The quantitative estimate of drug-likeness (QED) is 0.462. The molecule has 1 heterocycles. The normalized spacial score (nSPS) is 21.9. The minimum Gasteiger partial charge on any atom is -0.343 e. The Morgan fingerprint density at radius 1 is 0.862 bits per heavy atom. The smallest absolute Gasteiger partial charge is 0.343 e. The Hall–Kier alpha value is -1.86. The molecule has 1 fully saturated rings. The minimum absolute atomic E-state index is 0.198. The van der Waals surface area contributed by atoms with Crippen molar-refractivity contribution in [2.75, 3.05) is 6.61 Å². The van der Waals surface area contributed by atoms with Gasteiger partial charge in [-0.3, -0.25) is 5.32 Å². The number of hydrogen-bond acceptors (Lipinski definition) is 4. The van der Waals surface area contributed by atoms with Gasteiger partial charge in [0.1, 0.15) is 0 Å². The Kier molecular flexibility index (Phi) is 6.25. The van der Waals surface area contributed by atoms with Gasteiger partial charge in [0.25, 0.3) is 0 Å². The third-order valence-electron chi connectivity index (χ3n) is 4.58. The number of ether oxygens (including phenoxy) is 1. The Bertz CT molecular complexity index is 912. The zero-order valence-electron chi connectivity index (χ0n) is 15.6. The summed E-state index contributed by atoms with van der Waals surface area (Å²) in [6.07, 6.45) is 0.629. The van der Waals surface area contributed by atoms with E-state index in [0.29, 0.717) is 23.1 Å². The molecule has 2 nitrogen and oxygen atoms in total. The van der Waals surface area contributed by atoms with Crippen molar-refractivity contribution in [2.24, 2.45) is 0 Å². The van der Waals surface area contributed by atoms with Gasteiger partial charge in [0.15, 0.2) is 0 Å². The number of thioether (sulfide) groups is 2. The lowest BCUT2D eigenvalue weighted by Gasteiger charge is -2.35. The van der Waals surface area contributed by atoms with Crippen LogP contribution in [-0.4, -0.2) is 23.0 Å². The topological polar surface area (TPSA) is 21.3 Å². The van der Waals surface area contributed by atoms with Gasteiger partial charge >= 0.3 is 5.25 Å². The molecule has 150 valence electrons. The number of nitrogens with one attached hydrogen (secondary N) is 1. The van der Waals surface area contributed by atoms with Crippen molar-refractivity contribution < 1.29 is 13.5 Å². The highest BCUT2D eigenvalue weighted by atomic mass is 32.2. The highest BCUT2D eigenvalue weighted by molar-refractivity contribution is 8.04. The number of alkyl halides is 2. The molecule has 1 aliphatic rings. The SMILES string of the molecule is FC(F)(Sc1ccccc1)[C@@]1(Sc2ccccc2)N[C@@H](Cc2ccccc2)CO1. The fourth-order valence-corrected chi connectivity index (χ4v) is 5.41. The summed E-state index contributed by atoms with van der Waals surface area (Å²) < 4.78 is 37.1.